The second-order valence-electron chi connectivity index (χ2n) is 6.71. The molecule has 1 aromatic heterocycles. The molecular weight excluding hydrogens is 314 g/mol. The Balaban J connectivity index is 1.59. The maximum absolute atomic E-state index is 12.4. The van der Waals surface area contributed by atoms with Crippen LogP contribution >= 0.6 is 0 Å². The van der Waals surface area contributed by atoms with Crippen LogP contribution in [0.2, 0.25) is 0 Å². The smallest absolute Gasteiger partial charge is 0.220 e. The first-order valence-electron chi connectivity index (χ1n) is 8.98. The van der Waals surface area contributed by atoms with E-state index in [0.717, 1.165) is 44.0 Å². The number of piperazine rings is 1. The van der Waals surface area contributed by atoms with E-state index in [2.05, 4.69) is 34.3 Å². The van der Waals surface area contributed by atoms with Crippen molar-refractivity contribution in [1.29, 1.82) is 0 Å². The van der Waals surface area contributed by atoms with E-state index in [4.69, 9.17) is 4.42 Å². The summed E-state index contributed by atoms with van der Waals surface area (Å²) in [6, 6.07) is 14.0. The van der Waals surface area contributed by atoms with Crippen molar-refractivity contribution in [3.63, 3.8) is 0 Å². The first-order valence-corrected chi connectivity index (χ1v) is 8.98. The molecule has 1 fully saturated rings. The van der Waals surface area contributed by atoms with Gasteiger partial charge in [-0.15, -0.1) is 0 Å². The van der Waals surface area contributed by atoms with E-state index in [1.165, 1.54) is 0 Å². The molecule has 0 aliphatic carbocycles. The predicted octanol–water partition coefficient (Wildman–Crippen LogP) is 2.32. The van der Waals surface area contributed by atoms with E-state index in [9.17, 15) is 4.79 Å². The van der Waals surface area contributed by atoms with Crippen LogP contribution in [0.15, 0.2) is 53.1 Å². The predicted molar refractivity (Wildman–Crippen MR) is 98.3 cm³/mol. The lowest BCUT2D eigenvalue weighted by Crippen LogP contribution is -2.47. The fraction of sp³-hybridized carbons (Fsp3) is 0.450. The van der Waals surface area contributed by atoms with Crippen molar-refractivity contribution in [2.24, 2.45) is 0 Å². The summed E-state index contributed by atoms with van der Waals surface area (Å²) >= 11 is 0. The van der Waals surface area contributed by atoms with Crippen LogP contribution in [-0.2, 0) is 11.2 Å². The van der Waals surface area contributed by atoms with E-state index in [1.54, 1.807) is 6.26 Å². The summed E-state index contributed by atoms with van der Waals surface area (Å²) in [5.41, 5.74) is 1.16. The van der Waals surface area contributed by atoms with Gasteiger partial charge in [0, 0.05) is 45.6 Å². The third kappa shape index (κ3) is 5.44. The number of nitrogens with one attached hydrogen (secondary N) is 1. The van der Waals surface area contributed by atoms with Gasteiger partial charge in [-0.05, 0) is 24.7 Å². The zero-order chi connectivity index (χ0) is 17.5. The SMILES string of the molecule is CN1CCN(CC(NC(=O)CCc2ccco2)c2ccccc2)CC1. The summed E-state index contributed by atoms with van der Waals surface area (Å²) in [5, 5.41) is 3.22. The highest BCUT2D eigenvalue weighted by Gasteiger charge is 2.21. The maximum Gasteiger partial charge on any atom is 0.220 e. The molecule has 0 saturated carbocycles. The number of likely N-dealkylation sites (N-methyl/N-ethyl adjacent to an activating group) is 1. The minimum atomic E-state index is 0.0220. The quantitative estimate of drug-likeness (QED) is 0.840. The van der Waals surface area contributed by atoms with Gasteiger partial charge in [-0.25, -0.2) is 0 Å². The van der Waals surface area contributed by atoms with Crippen LogP contribution in [-0.4, -0.2) is 55.5 Å². The Bertz CT molecular complexity index is 634. The zero-order valence-electron chi connectivity index (χ0n) is 14.9. The van der Waals surface area contributed by atoms with Crippen molar-refractivity contribution in [2.75, 3.05) is 39.8 Å². The monoisotopic (exact) mass is 341 g/mol. The van der Waals surface area contributed by atoms with Crippen molar-refractivity contribution in [3.05, 3.63) is 60.1 Å². The Morgan fingerprint density at radius 3 is 2.56 bits per heavy atom. The Morgan fingerprint density at radius 1 is 1.12 bits per heavy atom. The molecule has 1 saturated heterocycles. The fourth-order valence-electron chi connectivity index (χ4n) is 3.17. The van der Waals surface area contributed by atoms with Crippen molar-refractivity contribution in [2.45, 2.75) is 18.9 Å². The minimum absolute atomic E-state index is 0.0220. The fourth-order valence-corrected chi connectivity index (χ4v) is 3.17. The molecule has 0 bridgehead atoms. The number of rotatable bonds is 7. The molecule has 1 N–H and O–H groups in total. The molecule has 1 aliphatic rings. The molecule has 134 valence electrons. The third-order valence-corrected chi connectivity index (χ3v) is 4.75. The highest BCUT2D eigenvalue weighted by atomic mass is 16.3. The van der Waals surface area contributed by atoms with Crippen LogP contribution in [0, 0.1) is 0 Å². The largest absolute Gasteiger partial charge is 0.469 e. The van der Waals surface area contributed by atoms with Crippen molar-refractivity contribution in [1.82, 2.24) is 15.1 Å². The van der Waals surface area contributed by atoms with Crippen molar-refractivity contribution in [3.8, 4) is 0 Å². The number of benzene rings is 1. The summed E-state index contributed by atoms with van der Waals surface area (Å²) in [6.45, 7) is 5.09. The molecule has 2 heterocycles. The number of furan rings is 1. The topological polar surface area (TPSA) is 48.7 Å². The first kappa shape index (κ1) is 17.7. The normalized spacial score (nSPS) is 17.3. The van der Waals surface area contributed by atoms with Gasteiger partial charge in [0.05, 0.1) is 12.3 Å². The van der Waals surface area contributed by atoms with Crippen molar-refractivity contribution >= 4 is 5.91 Å². The molecule has 1 amide bonds. The van der Waals surface area contributed by atoms with Crippen LogP contribution in [0.25, 0.3) is 0 Å². The van der Waals surface area contributed by atoms with Crippen LogP contribution in [0.4, 0.5) is 0 Å². The van der Waals surface area contributed by atoms with E-state index in [0.29, 0.717) is 12.8 Å². The average molecular weight is 341 g/mol. The van der Waals surface area contributed by atoms with Gasteiger partial charge in [0.15, 0.2) is 0 Å². The van der Waals surface area contributed by atoms with Crippen LogP contribution < -0.4 is 5.32 Å². The average Bonchev–Trinajstić information content (AvgIpc) is 3.16. The van der Waals surface area contributed by atoms with Gasteiger partial charge in [0.2, 0.25) is 5.91 Å². The number of amides is 1. The summed E-state index contributed by atoms with van der Waals surface area (Å²) in [5.74, 6) is 0.921. The zero-order valence-corrected chi connectivity index (χ0v) is 14.9. The molecule has 1 atom stereocenters. The Labute approximate surface area is 149 Å². The molecular formula is C20H27N3O2. The highest BCUT2D eigenvalue weighted by molar-refractivity contribution is 5.76. The van der Waals surface area contributed by atoms with Gasteiger partial charge < -0.3 is 14.6 Å². The van der Waals surface area contributed by atoms with Gasteiger partial charge in [-0.2, -0.15) is 0 Å². The Hall–Kier alpha value is -2.11. The number of aryl methyl sites for hydroxylation is 1. The number of carbonyl (C=O) groups excluding carboxylic acids is 1. The molecule has 1 unspecified atom stereocenters. The third-order valence-electron chi connectivity index (χ3n) is 4.75. The molecule has 0 radical (unpaired) electrons. The molecule has 5 heteroatoms. The van der Waals surface area contributed by atoms with Gasteiger partial charge in [-0.1, -0.05) is 30.3 Å². The van der Waals surface area contributed by atoms with Crippen LogP contribution in [0.1, 0.15) is 23.8 Å². The van der Waals surface area contributed by atoms with Crippen LogP contribution in [0.3, 0.4) is 0 Å². The molecule has 3 rings (SSSR count). The van der Waals surface area contributed by atoms with Gasteiger partial charge in [-0.3, -0.25) is 9.69 Å². The lowest BCUT2D eigenvalue weighted by molar-refractivity contribution is -0.122. The molecule has 1 aromatic carbocycles. The van der Waals surface area contributed by atoms with E-state index in [-0.39, 0.29) is 11.9 Å². The molecule has 5 nitrogen and oxygen atoms in total. The van der Waals surface area contributed by atoms with E-state index < -0.39 is 0 Å². The summed E-state index contributed by atoms with van der Waals surface area (Å²) in [4.78, 5) is 17.2. The van der Waals surface area contributed by atoms with Crippen LogP contribution in [0.5, 0.6) is 0 Å². The molecule has 25 heavy (non-hydrogen) atoms. The van der Waals surface area contributed by atoms with E-state index >= 15 is 0 Å². The second kappa shape index (κ2) is 8.83. The van der Waals surface area contributed by atoms with Gasteiger partial charge in [0.25, 0.3) is 0 Å². The maximum atomic E-state index is 12.4. The molecule has 0 spiro atoms. The molecule has 2 aromatic rings. The lowest BCUT2D eigenvalue weighted by Gasteiger charge is -2.35. The second-order valence-corrected chi connectivity index (χ2v) is 6.71. The number of hydrogen-bond acceptors (Lipinski definition) is 4. The minimum Gasteiger partial charge on any atom is -0.469 e. The standard InChI is InChI=1S/C20H27N3O2/c1-22-11-13-23(14-12-22)16-19(17-6-3-2-4-7-17)21-20(24)10-9-18-8-5-15-25-18/h2-8,15,19H,9-14,16H2,1H3,(H,21,24). The number of nitrogens with zero attached hydrogens (tertiary/aromatic N) is 2. The highest BCUT2D eigenvalue weighted by Crippen LogP contribution is 2.16. The van der Waals surface area contributed by atoms with Gasteiger partial charge >= 0.3 is 0 Å². The van der Waals surface area contributed by atoms with Crippen molar-refractivity contribution < 1.29 is 9.21 Å². The Kier molecular flexibility index (Phi) is 6.25. The van der Waals surface area contributed by atoms with E-state index in [1.807, 2.05) is 30.3 Å². The van der Waals surface area contributed by atoms with Gasteiger partial charge in [0.1, 0.15) is 5.76 Å². The number of carbonyl (C=O) groups is 1. The Morgan fingerprint density at radius 2 is 1.88 bits per heavy atom. The summed E-state index contributed by atoms with van der Waals surface area (Å²) in [6.07, 6.45) is 2.72. The summed E-state index contributed by atoms with van der Waals surface area (Å²) in [7, 11) is 2.16. The first-order chi connectivity index (χ1) is 12.2. The lowest BCUT2D eigenvalue weighted by atomic mass is 10.1. The molecule has 1 aliphatic heterocycles. The summed E-state index contributed by atoms with van der Waals surface area (Å²) < 4.78 is 5.31. The number of hydrogen-bond donors (Lipinski definition) is 1.